The number of anilines is 2. The Morgan fingerprint density at radius 3 is 2.54 bits per heavy atom. The SMILES string of the molecule is CC1(C)CC(=O)C2=C(C1)Nc1ccccc1NC2c1ccccc1OCc1cn(Cc2ccc([N+](=O)[O-])cc2)nn1. The fourth-order valence-corrected chi connectivity index (χ4v) is 5.52. The van der Waals surface area contributed by atoms with Crippen LogP contribution in [0.15, 0.2) is 90.3 Å². The number of ether oxygens (including phenoxy) is 1. The van der Waals surface area contributed by atoms with Crippen LogP contribution in [0.2, 0.25) is 0 Å². The van der Waals surface area contributed by atoms with E-state index in [1.807, 2.05) is 48.5 Å². The lowest BCUT2D eigenvalue weighted by Crippen LogP contribution is -2.31. The largest absolute Gasteiger partial charge is 0.487 e. The summed E-state index contributed by atoms with van der Waals surface area (Å²) in [5.74, 6) is 0.775. The van der Waals surface area contributed by atoms with Gasteiger partial charge in [-0.2, -0.15) is 0 Å². The highest BCUT2D eigenvalue weighted by Gasteiger charge is 2.39. The van der Waals surface area contributed by atoms with Gasteiger partial charge in [0.2, 0.25) is 0 Å². The number of allylic oxidation sites excluding steroid dienone is 1. The first-order valence-corrected chi connectivity index (χ1v) is 13.5. The predicted molar refractivity (Wildman–Crippen MR) is 154 cm³/mol. The fraction of sp³-hybridized carbons (Fsp3) is 0.258. The molecule has 1 aromatic heterocycles. The molecule has 0 spiro atoms. The molecule has 2 N–H and O–H groups in total. The zero-order valence-electron chi connectivity index (χ0n) is 22.8. The van der Waals surface area contributed by atoms with Crippen LogP contribution in [0.5, 0.6) is 5.75 Å². The van der Waals surface area contributed by atoms with Crippen molar-refractivity contribution in [3.63, 3.8) is 0 Å². The van der Waals surface area contributed by atoms with E-state index in [2.05, 4.69) is 34.8 Å². The second-order valence-corrected chi connectivity index (χ2v) is 11.2. The number of benzene rings is 3. The van der Waals surface area contributed by atoms with Crippen LogP contribution in [0.25, 0.3) is 0 Å². The summed E-state index contributed by atoms with van der Waals surface area (Å²) in [5, 5.41) is 26.5. The standard InChI is InChI=1S/C31H30N6O4/c1-31(2)15-26-29(27(38)16-31)30(33-25-9-5-4-8-24(25)32-26)23-7-3-6-10-28(23)41-19-21-18-36(35-34-21)17-20-11-13-22(14-12-20)37(39)40/h3-14,18,30,32-33H,15-17,19H2,1-2H3. The van der Waals surface area contributed by atoms with E-state index in [1.54, 1.807) is 23.0 Å². The lowest BCUT2D eigenvalue weighted by Gasteiger charge is -2.34. The number of non-ortho nitro benzene ring substituents is 1. The Labute approximate surface area is 237 Å². The highest BCUT2D eigenvalue weighted by Crippen LogP contribution is 2.46. The maximum absolute atomic E-state index is 13.6. The van der Waals surface area contributed by atoms with E-state index in [9.17, 15) is 14.9 Å². The minimum atomic E-state index is -0.422. The molecule has 0 bridgehead atoms. The van der Waals surface area contributed by atoms with Gasteiger partial charge in [0.05, 0.1) is 35.1 Å². The number of nitro groups is 1. The molecule has 0 fully saturated rings. The Balaban J connectivity index is 1.25. The molecule has 10 nitrogen and oxygen atoms in total. The number of para-hydroxylation sites is 3. The molecular formula is C31H30N6O4. The van der Waals surface area contributed by atoms with Crippen LogP contribution in [0, 0.1) is 15.5 Å². The smallest absolute Gasteiger partial charge is 0.269 e. The van der Waals surface area contributed by atoms with Crippen molar-refractivity contribution in [3.05, 3.63) is 117 Å². The average molecular weight is 551 g/mol. The molecule has 1 aliphatic heterocycles. The van der Waals surface area contributed by atoms with Gasteiger partial charge in [-0.25, -0.2) is 4.68 Å². The van der Waals surface area contributed by atoms with Crippen molar-refractivity contribution in [2.24, 2.45) is 5.41 Å². The predicted octanol–water partition coefficient (Wildman–Crippen LogP) is 6.04. The van der Waals surface area contributed by atoms with E-state index in [-0.39, 0.29) is 23.5 Å². The van der Waals surface area contributed by atoms with Crippen molar-refractivity contribution >= 4 is 22.8 Å². The summed E-state index contributed by atoms with van der Waals surface area (Å²) in [6.07, 6.45) is 3.03. The van der Waals surface area contributed by atoms with E-state index in [0.29, 0.717) is 24.4 Å². The number of carbonyl (C=O) groups excluding carboxylic acids is 1. The molecular weight excluding hydrogens is 520 g/mol. The van der Waals surface area contributed by atoms with Crippen LogP contribution in [0.1, 0.15) is 49.6 Å². The summed E-state index contributed by atoms with van der Waals surface area (Å²) in [4.78, 5) is 24.1. The lowest BCUT2D eigenvalue weighted by molar-refractivity contribution is -0.384. The second-order valence-electron chi connectivity index (χ2n) is 11.2. The number of Topliss-reactive ketones (excluding diaryl/α,β-unsaturated/α-hetero) is 1. The maximum Gasteiger partial charge on any atom is 0.269 e. The van der Waals surface area contributed by atoms with Gasteiger partial charge in [0.25, 0.3) is 5.69 Å². The summed E-state index contributed by atoms with van der Waals surface area (Å²) >= 11 is 0. The van der Waals surface area contributed by atoms with Crippen molar-refractivity contribution in [1.29, 1.82) is 0 Å². The molecule has 2 aliphatic rings. The van der Waals surface area contributed by atoms with Crippen molar-refractivity contribution in [3.8, 4) is 5.75 Å². The number of nitro benzene ring substituents is 1. The molecule has 208 valence electrons. The molecule has 0 radical (unpaired) electrons. The number of fused-ring (bicyclic) bond motifs is 1. The van der Waals surface area contributed by atoms with Crippen molar-refractivity contribution in [2.45, 2.75) is 45.9 Å². The van der Waals surface area contributed by atoms with Crippen LogP contribution in [0.3, 0.4) is 0 Å². The highest BCUT2D eigenvalue weighted by atomic mass is 16.6. The number of ketones is 1. The Bertz CT molecular complexity index is 1660. The van der Waals surface area contributed by atoms with Gasteiger partial charge in [-0.1, -0.05) is 61.5 Å². The molecule has 3 aromatic carbocycles. The number of nitrogens with zero attached hydrogens (tertiary/aromatic N) is 4. The van der Waals surface area contributed by atoms with Crippen LogP contribution >= 0.6 is 0 Å². The molecule has 1 unspecified atom stereocenters. The number of hydrogen-bond acceptors (Lipinski definition) is 8. The van der Waals surface area contributed by atoms with Crippen LogP contribution < -0.4 is 15.4 Å². The molecule has 1 aliphatic carbocycles. The number of carbonyl (C=O) groups is 1. The topological polar surface area (TPSA) is 124 Å². The van der Waals surface area contributed by atoms with Gasteiger partial charge in [-0.05, 0) is 35.6 Å². The van der Waals surface area contributed by atoms with Crippen molar-refractivity contribution in [2.75, 3.05) is 10.6 Å². The van der Waals surface area contributed by atoms with Crippen molar-refractivity contribution in [1.82, 2.24) is 15.0 Å². The number of nitrogens with one attached hydrogen (secondary N) is 2. The number of aromatic nitrogens is 3. The van der Waals surface area contributed by atoms with Crippen LogP contribution in [-0.4, -0.2) is 25.7 Å². The monoisotopic (exact) mass is 550 g/mol. The molecule has 6 rings (SSSR count). The maximum atomic E-state index is 13.6. The highest BCUT2D eigenvalue weighted by molar-refractivity contribution is 6.01. The normalized spacial score (nSPS) is 17.5. The molecule has 0 saturated heterocycles. The summed E-state index contributed by atoms with van der Waals surface area (Å²) in [6.45, 7) is 4.87. The third kappa shape index (κ3) is 5.54. The lowest BCUT2D eigenvalue weighted by atomic mass is 9.73. The molecule has 0 amide bonds. The molecule has 4 aromatic rings. The van der Waals surface area contributed by atoms with Gasteiger partial charge >= 0.3 is 0 Å². The van der Waals surface area contributed by atoms with E-state index in [1.165, 1.54) is 12.1 Å². The summed E-state index contributed by atoms with van der Waals surface area (Å²) in [6, 6.07) is 21.7. The first kappa shape index (κ1) is 26.2. The van der Waals surface area contributed by atoms with E-state index in [0.717, 1.165) is 40.2 Å². The molecule has 0 saturated carbocycles. The Morgan fingerprint density at radius 1 is 1.02 bits per heavy atom. The second kappa shape index (κ2) is 10.5. The zero-order chi connectivity index (χ0) is 28.6. The van der Waals surface area contributed by atoms with E-state index < -0.39 is 11.0 Å². The zero-order valence-corrected chi connectivity index (χ0v) is 22.8. The van der Waals surface area contributed by atoms with Crippen LogP contribution in [0.4, 0.5) is 17.1 Å². The first-order valence-electron chi connectivity index (χ1n) is 13.5. The van der Waals surface area contributed by atoms with Gasteiger partial charge in [-0.3, -0.25) is 14.9 Å². The van der Waals surface area contributed by atoms with Gasteiger partial charge in [0, 0.05) is 35.4 Å². The third-order valence-electron chi connectivity index (χ3n) is 7.40. The quantitative estimate of drug-likeness (QED) is 0.211. The van der Waals surface area contributed by atoms with E-state index in [4.69, 9.17) is 4.74 Å². The summed E-state index contributed by atoms with van der Waals surface area (Å²) < 4.78 is 7.95. The minimum Gasteiger partial charge on any atom is -0.487 e. The summed E-state index contributed by atoms with van der Waals surface area (Å²) in [5.41, 5.74) is 5.83. The Kier molecular flexibility index (Phi) is 6.74. The molecule has 2 heterocycles. The first-order chi connectivity index (χ1) is 19.8. The van der Waals surface area contributed by atoms with E-state index >= 15 is 0 Å². The van der Waals surface area contributed by atoms with Crippen molar-refractivity contribution < 1.29 is 14.5 Å². The minimum absolute atomic E-state index is 0.0454. The Hall–Kier alpha value is -4.99. The fourth-order valence-electron chi connectivity index (χ4n) is 5.52. The molecule has 10 heteroatoms. The Morgan fingerprint density at radius 2 is 1.76 bits per heavy atom. The number of rotatable bonds is 7. The third-order valence-corrected chi connectivity index (χ3v) is 7.40. The van der Waals surface area contributed by atoms with Gasteiger partial charge in [-0.15, -0.1) is 5.10 Å². The molecule has 41 heavy (non-hydrogen) atoms. The van der Waals surface area contributed by atoms with Gasteiger partial charge < -0.3 is 15.4 Å². The van der Waals surface area contributed by atoms with Gasteiger partial charge in [0.15, 0.2) is 5.78 Å². The van der Waals surface area contributed by atoms with Gasteiger partial charge in [0.1, 0.15) is 18.1 Å². The van der Waals surface area contributed by atoms with Crippen LogP contribution in [-0.2, 0) is 17.9 Å². The average Bonchev–Trinajstić information content (AvgIpc) is 3.31. The summed E-state index contributed by atoms with van der Waals surface area (Å²) in [7, 11) is 0. The number of hydrogen-bond donors (Lipinski definition) is 2. The molecule has 1 atom stereocenters.